The van der Waals surface area contributed by atoms with Crippen LogP contribution < -0.4 is 16.2 Å². The minimum Gasteiger partial charge on any atom is -0.368 e. The number of aromatic nitrogens is 5. The second-order valence-corrected chi connectivity index (χ2v) is 7.87. The molecule has 1 aromatic carbocycles. The summed E-state index contributed by atoms with van der Waals surface area (Å²) in [6.45, 7) is 1.85. The number of anilines is 2. The van der Waals surface area contributed by atoms with Crippen LogP contribution in [-0.4, -0.2) is 36.5 Å². The first kappa shape index (κ1) is 21.6. The molecule has 3 aromatic heterocycles. The fraction of sp³-hybridized carbons (Fsp3) is 0.227. The molecule has 1 atom stereocenters. The van der Waals surface area contributed by atoms with Gasteiger partial charge in [0, 0.05) is 18.9 Å². The highest BCUT2D eigenvalue weighted by Gasteiger charge is 2.39. The summed E-state index contributed by atoms with van der Waals surface area (Å²) < 4.78 is 42.9. The summed E-state index contributed by atoms with van der Waals surface area (Å²) in [6, 6.07) is 8.61. The van der Waals surface area contributed by atoms with Crippen molar-refractivity contribution in [3.63, 3.8) is 0 Å². The topological polar surface area (TPSA) is 111 Å². The molecule has 0 radical (unpaired) electrons. The van der Waals surface area contributed by atoms with E-state index in [9.17, 15) is 22.8 Å². The van der Waals surface area contributed by atoms with Crippen molar-refractivity contribution in [1.82, 2.24) is 24.1 Å². The van der Waals surface area contributed by atoms with Crippen LogP contribution in [0.25, 0.3) is 11.2 Å². The normalized spacial score (nSPS) is 16.0. The third-order valence-corrected chi connectivity index (χ3v) is 5.79. The van der Waals surface area contributed by atoms with Crippen LogP contribution in [-0.2, 0) is 6.18 Å². The molecule has 0 amide bonds. The molecule has 0 bridgehead atoms. The van der Waals surface area contributed by atoms with Crippen molar-refractivity contribution >= 4 is 23.1 Å². The van der Waals surface area contributed by atoms with E-state index in [1.165, 1.54) is 17.7 Å². The van der Waals surface area contributed by atoms with E-state index < -0.39 is 28.9 Å². The Bertz CT molecular complexity index is 1480. The van der Waals surface area contributed by atoms with Gasteiger partial charge in [-0.15, -0.1) is 0 Å². The Kier molecular flexibility index (Phi) is 4.88. The number of nitrogen functional groups attached to an aromatic ring is 1. The second-order valence-electron chi connectivity index (χ2n) is 7.87. The molecule has 1 aliphatic heterocycles. The Balaban J connectivity index is 1.74. The van der Waals surface area contributed by atoms with Crippen molar-refractivity contribution in [2.45, 2.75) is 25.6 Å². The van der Waals surface area contributed by atoms with Gasteiger partial charge in [0.25, 0.3) is 5.56 Å². The molecule has 1 aliphatic rings. The maximum Gasteiger partial charge on any atom is 0.418 e. The molecule has 0 unspecified atom stereocenters. The number of fused-ring (bicyclic) bond motifs is 1. The molecule has 1 fully saturated rings. The largest absolute Gasteiger partial charge is 0.418 e. The molecule has 4 heterocycles. The number of nitrogens with zero attached hydrogens (tertiary/aromatic N) is 6. The minimum absolute atomic E-state index is 0.0326. The number of carbonyl (C=O) groups excluding carboxylic acids is 1. The van der Waals surface area contributed by atoms with Crippen LogP contribution in [0.1, 0.15) is 41.1 Å². The predicted octanol–water partition coefficient (Wildman–Crippen LogP) is 3.03. The van der Waals surface area contributed by atoms with E-state index in [0.29, 0.717) is 18.7 Å². The van der Waals surface area contributed by atoms with Crippen molar-refractivity contribution in [3.8, 4) is 5.69 Å². The number of carbonyl (C=O) groups is 1. The number of ketones is 1. The lowest BCUT2D eigenvalue weighted by molar-refractivity contribution is -0.136. The van der Waals surface area contributed by atoms with Gasteiger partial charge in [0.05, 0.1) is 22.9 Å². The van der Waals surface area contributed by atoms with E-state index in [1.807, 2.05) is 0 Å². The van der Waals surface area contributed by atoms with E-state index in [1.54, 1.807) is 35.2 Å². The monoisotopic (exact) mass is 469 g/mol. The Morgan fingerprint density at radius 1 is 1.18 bits per heavy atom. The van der Waals surface area contributed by atoms with Crippen LogP contribution in [0.15, 0.2) is 53.6 Å². The third-order valence-electron chi connectivity index (χ3n) is 5.79. The van der Waals surface area contributed by atoms with Gasteiger partial charge in [-0.25, -0.2) is 9.50 Å². The van der Waals surface area contributed by atoms with Gasteiger partial charge in [0.1, 0.15) is 11.3 Å². The average molecular weight is 469 g/mol. The van der Waals surface area contributed by atoms with E-state index in [0.717, 1.165) is 16.8 Å². The SMILES string of the molecule is CC(=O)c1cnc(N)nc1N1CC[C@H]1c1nn2ccc(C(F)(F)F)c2c(=O)n1-c1ccccc1. The highest BCUT2D eigenvalue weighted by molar-refractivity contribution is 5.98. The summed E-state index contributed by atoms with van der Waals surface area (Å²) in [7, 11) is 0. The molecule has 4 aromatic rings. The average Bonchev–Trinajstić information content (AvgIpc) is 3.19. The zero-order valence-electron chi connectivity index (χ0n) is 17.8. The molecule has 34 heavy (non-hydrogen) atoms. The quantitative estimate of drug-likeness (QED) is 0.457. The lowest BCUT2D eigenvalue weighted by Gasteiger charge is -2.42. The van der Waals surface area contributed by atoms with Crippen LogP contribution in [0, 0.1) is 0 Å². The van der Waals surface area contributed by atoms with Gasteiger partial charge in [-0.05, 0) is 31.5 Å². The number of hydrogen-bond donors (Lipinski definition) is 1. The van der Waals surface area contributed by atoms with Crippen molar-refractivity contribution in [2.75, 3.05) is 17.2 Å². The molecule has 0 spiro atoms. The van der Waals surface area contributed by atoms with Crippen LogP contribution in [0.3, 0.4) is 0 Å². The maximum absolute atomic E-state index is 13.6. The van der Waals surface area contributed by atoms with Gasteiger partial charge >= 0.3 is 6.18 Å². The predicted molar refractivity (Wildman–Crippen MR) is 117 cm³/mol. The summed E-state index contributed by atoms with van der Waals surface area (Å²) in [5, 5.41) is 4.42. The Morgan fingerprint density at radius 3 is 2.53 bits per heavy atom. The Morgan fingerprint density at radius 2 is 1.91 bits per heavy atom. The molecule has 174 valence electrons. The maximum atomic E-state index is 13.6. The summed E-state index contributed by atoms with van der Waals surface area (Å²) >= 11 is 0. The fourth-order valence-corrected chi connectivity index (χ4v) is 4.12. The van der Waals surface area contributed by atoms with Gasteiger partial charge in [-0.3, -0.25) is 14.2 Å². The number of para-hydroxylation sites is 1. The van der Waals surface area contributed by atoms with Crippen LogP contribution in [0.2, 0.25) is 0 Å². The van der Waals surface area contributed by atoms with E-state index in [-0.39, 0.29) is 28.9 Å². The number of alkyl halides is 3. The number of halogens is 3. The lowest BCUT2D eigenvalue weighted by Crippen LogP contribution is -2.46. The van der Waals surface area contributed by atoms with Crippen molar-refractivity contribution in [1.29, 1.82) is 0 Å². The highest BCUT2D eigenvalue weighted by atomic mass is 19.4. The van der Waals surface area contributed by atoms with Gasteiger partial charge in [-0.1, -0.05) is 18.2 Å². The van der Waals surface area contributed by atoms with E-state index >= 15 is 0 Å². The molecular weight excluding hydrogens is 451 g/mol. The first-order valence-corrected chi connectivity index (χ1v) is 10.3. The van der Waals surface area contributed by atoms with Gasteiger partial charge in [-0.2, -0.15) is 23.3 Å². The third kappa shape index (κ3) is 3.38. The first-order chi connectivity index (χ1) is 16.2. The van der Waals surface area contributed by atoms with Crippen LogP contribution >= 0.6 is 0 Å². The lowest BCUT2D eigenvalue weighted by atomic mass is 10.00. The zero-order valence-corrected chi connectivity index (χ0v) is 17.8. The van der Waals surface area contributed by atoms with Crippen molar-refractivity contribution in [2.24, 2.45) is 0 Å². The van der Waals surface area contributed by atoms with Gasteiger partial charge in [0.15, 0.2) is 11.6 Å². The molecule has 5 rings (SSSR count). The number of Topliss-reactive ketones (excluding diaryl/α,β-unsaturated/α-hetero) is 1. The first-order valence-electron chi connectivity index (χ1n) is 10.3. The fourth-order valence-electron chi connectivity index (χ4n) is 4.12. The standard InChI is InChI=1S/C22H18F3N7O2/c1-12(33)14-11-27-21(26)28-18(14)30-9-8-16(30)19-29-31-10-7-15(22(23,24)25)17(31)20(34)32(19)13-5-3-2-4-6-13/h2-7,10-11,16H,8-9H2,1H3,(H2,26,27,28)/t16-/m0/s1. The number of rotatable bonds is 4. The molecule has 2 N–H and O–H groups in total. The number of nitrogens with two attached hydrogens (primary N) is 1. The summed E-state index contributed by atoms with van der Waals surface area (Å²) in [5.41, 5.74) is 3.88. The highest BCUT2D eigenvalue weighted by Crippen LogP contribution is 2.39. The van der Waals surface area contributed by atoms with E-state index in [2.05, 4.69) is 15.1 Å². The molecule has 12 heteroatoms. The van der Waals surface area contributed by atoms with Crippen molar-refractivity contribution in [3.05, 3.63) is 76.1 Å². The summed E-state index contributed by atoms with van der Waals surface area (Å²) in [6.07, 6.45) is -1.74. The van der Waals surface area contributed by atoms with Gasteiger partial charge < -0.3 is 10.6 Å². The zero-order chi connectivity index (χ0) is 24.2. The van der Waals surface area contributed by atoms with Crippen molar-refractivity contribution < 1.29 is 18.0 Å². The smallest absolute Gasteiger partial charge is 0.368 e. The molecule has 0 aliphatic carbocycles. The van der Waals surface area contributed by atoms with Crippen LogP contribution in [0.4, 0.5) is 24.9 Å². The minimum atomic E-state index is -4.72. The Labute approximate surface area is 190 Å². The summed E-state index contributed by atoms with van der Waals surface area (Å²) in [4.78, 5) is 35.5. The molecular formula is C22H18F3N7O2. The number of hydrogen-bond acceptors (Lipinski definition) is 7. The second kappa shape index (κ2) is 7.68. The van der Waals surface area contributed by atoms with Crippen LogP contribution in [0.5, 0.6) is 0 Å². The van der Waals surface area contributed by atoms with E-state index in [4.69, 9.17) is 5.73 Å². The Hall–Kier alpha value is -4.22. The molecule has 9 nitrogen and oxygen atoms in total. The molecule has 0 saturated carbocycles. The number of benzene rings is 1. The van der Waals surface area contributed by atoms with Gasteiger partial charge in [0.2, 0.25) is 5.95 Å². The molecule has 1 saturated heterocycles. The summed E-state index contributed by atoms with van der Waals surface area (Å²) in [5.74, 6) is 0.194.